The molecule has 0 fully saturated rings. The average molecular weight is 259 g/mol. The molecule has 0 saturated carbocycles. The van der Waals surface area contributed by atoms with Gasteiger partial charge in [-0.25, -0.2) is 4.79 Å². The van der Waals surface area contributed by atoms with E-state index in [9.17, 15) is 9.59 Å². The molecule has 0 atom stereocenters. The number of nitrogens with zero attached hydrogens (tertiary/aromatic N) is 2. The van der Waals surface area contributed by atoms with Gasteiger partial charge in [0.05, 0.1) is 0 Å². The van der Waals surface area contributed by atoms with Crippen molar-refractivity contribution in [2.45, 2.75) is 13.0 Å². The molecular formula is C14H17N3O2. The Kier molecular flexibility index (Phi) is 4.18. The lowest BCUT2D eigenvalue weighted by Gasteiger charge is -2.08. The van der Waals surface area contributed by atoms with Crippen LogP contribution in [0.4, 0.5) is 5.69 Å². The maximum atomic E-state index is 11.8. The minimum atomic E-state index is -0.271. The van der Waals surface area contributed by atoms with Crippen LogP contribution in [0.2, 0.25) is 0 Å². The molecular weight excluding hydrogens is 242 g/mol. The Labute approximate surface area is 111 Å². The Bertz CT molecular complexity index is 644. The summed E-state index contributed by atoms with van der Waals surface area (Å²) in [7, 11) is 1.64. The van der Waals surface area contributed by atoms with E-state index in [-0.39, 0.29) is 11.2 Å². The van der Waals surface area contributed by atoms with E-state index in [0.29, 0.717) is 19.5 Å². The molecule has 0 amide bonds. The molecule has 2 rings (SSSR count). The van der Waals surface area contributed by atoms with Crippen molar-refractivity contribution in [1.29, 1.82) is 0 Å². The lowest BCUT2D eigenvalue weighted by atomic mass is 10.3. The van der Waals surface area contributed by atoms with Crippen LogP contribution in [0.1, 0.15) is 6.42 Å². The zero-order chi connectivity index (χ0) is 13.7. The minimum absolute atomic E-state index is 0.247. The van der Waals surface area contributed by atoms with E-state index >= 15 is 0 Å². The molecule has 5 heteroatoms. The van der Waals surface area contributed by atoms with Crippen molar-refractivity contribution in [1.82, 2.24) is 9.13 Å². The standard InChI is InChI=1S/C14H17N3O2/c1-16-11-8-13(18)17(14(16)19)10-5-9-15-12-6-3-2-4-7-12/h2-4,6-8,11,15H,5,9-10H2,1H3. The molecule has 0 unspecified atom stereocenters. The van der Waals surface area contributed by atoms with E-state index in [1.807, 2.05) is 30.3 Å². The minimum Gasteiger partial charge on any atom is -0.385 e. The number of hydrogen-bond donors (Lipinski definition) is 1. The van der Waals surface area contributed by atoms with Crippen molar-refractivity contribution in [3.05, 3.63) is 63.4 Å². The number of para-hydroxylation sites is 1. The van der Waals surface area contributed by atoms with Gasteiger partial charge in [-0.15, -0.1) is 0 Å². The average Bonchev–Trinajstić information content (AvgIpc) is 2.43. The lowest BCUT2D eigenvalue weighted by molar-refractivity contribution is 0.573. The largest absolute Gasteiger partial charge is 0.385 e. The van der Waals surface area contributed by atoms with Crippen LogP contribution in [-0.2, 0) is 13.6 Å². The van der Waals surface area contributed by atoms with Crippen LogP contribution < -0.4 is 16.6 Å². The third kappa shape index (κ3) is 3.34. The Balaban J connectivity index is 1.92. The van der Waals surface area contributed by atoms with Gasteiger partial charge < -0.3 is 9.88 Å². The smallest absolute Gasteiger partial charge is 0.330 e. The van der Waals surface area contributed by atoms with Crippen LogP contribution in [-0.4, -0.2) is 15.7 Å². The SMILES string of the molecule is Cn1ccc(=O)n(CCCNc2ccccc2)c1=O. The Morgan fingerprint density at radius 3 is 2.58 bits per heavy atom. The third-order valence-corrected chi connectivity index (χ3v) is 2.90. The van der Waals surface area contributed by atoms with Gasteiger partial charge in [-0.3, -0.25) is 9.36 Å². The monoisotopic (exact) mass is 259 g/mol. The molecule has 1 heterocycles. The van der Waals surface area contributed by atoms with E-state index in [2.05, 4.69) is 5.32 Å². The highest BCUT2D eigenvalue weighted by Gasteiger charge is 2.01. The molecule has 0 bridgehead atoms. The van der Waals surface area contributed by atoms with Crippen molar-refractivity contribution >= 4 is 5.69 Å². The molecule has 0 aliphatic carbocycles. The second kappa shape index (κ2) is 6.04. The zero-order valence-corrected chi connectivity index (χ0v) is 10.9. The van der Waals surface area contributed by atoms with Crippen LogP contribution in [0.25, 0.3) is 0 Å². The van der Waals surface area contributed by atoms with Gasteiger partial charge in [0.2, 0.25) is 0 Å². The van der Waals surface area contributed by atoms with Gasteiger partial charge in [0.25, 0.3) is 5.56 Å². The predicted octanol–water partition coefficient (Wildman–Crippen LogP) is 1.05. The zero-order valence-electron chi connectivity index (χ0n) is 10.9. The maximum Gasteiger partial charge on any atom is 0.330 e. The van der Waals surface area contributed by atoms with Gasteiger partial charge in [-0.2, -0.15) is 0 Å². The van der Waals surface area contributed by atoms with Gasteiger partial charge in [-0.05, 0) is 18.6 Å². The molecule has 0 radical (unpaired) electrons. The van der Waals surface area contributed by atoms with E-state index in [4.69, 9.17) is 0 Å². The summed E-state index contributed by atoms with van der Waals surface area (Å²) in [6.07, 6.45) is 2.21. The fourth-order valence-corrected chi connectivity index (χ4v) is 1.85. The number of aryl methyl sites for hydroxylation is 1. The number of rotatable bonds is 5. The summed E-state index contributed by atoms with van der Waals surface area (Å²) >= 11 is 0. The normalized spacial score (nSPS) is 10.4. The van der Waals surface area contributed by atoms with Gasteiger partial charge in [-0.1, -0.05) is 18.2 Å². The second-order valence-corrected chi connectivity index (χ2v) is 4.35. The first-order valence-corrected chi connectivity index (χ1v) is 6.24. The molecule has 0 saturated heterocycles. The van der Waals surface area contributed by atoms with Crippen molar-refractivity contribution in [2.24, 2.45) is 7.05 Å². The van der Waals surface area contributed by atoms with E-state index < -0.39 is 0 Å². The number of benzene rings is 1. The number of hydrogen-bond acceptors (Lipinski definition) is 3. The maximum absolute atomic E-state index is 11.8. The Hall–Kier alpha value is -2.30. The summed E-state index contributed by atoms with van der Waals surface area (Å²) in [5, 5.41) is 3.24. The number of nitrogens with one attached hydrogen (secondary N) is 1. The van der Waals surface area contributed by atoms with Gasteiger partial charge in [0, 0.05) is 38.1 Å². The summed E-state index contributed by atoms with van der Waals surface area (Å²) in [6.45, 7) is 1.14. The first kappa shape index (κ1) is 13.1. The molecule has 5 nitrogen and oxygen atoms in total. The van der Waals surface area contributed by atoms with Crippen LogP contribution in [0, 0.1) is 0 Å². The first-order chi connectivity index (χ1) is 9.18. The molecule has 100 valence electrons. The molecule has 1 aromatic carbocycles. The Morgan fingerprint density at radius 1 is 1.11 bits per heavy atom. The highest BCUT2D eigenvalue weighted by molar-refractivity contribution is 5.42. The Morgan fingerprint density at radius 2 is 1.84 bits per heavy atom. The predicted molar refractivity (Wildman–Crippen MR) is 75.5 cm³/mol. The topological polar surface area (TPSA) is 56.0 Å². The van der Waals surface area contributed by atoms with Crippen molar-refractivity contribution in [3.63, 3.8) is 0 Å². The summed E-state index contributed by atoms with van der Waals surface area (Å²) in [4.78, 5) is 23.3. The molecule has 19 heavy (non-hydrogen) atoms. The highest BCUT2D eigenvalue weighted by atomic mass is 16.2. The van der Waals surface area contributed by atoms with Crippen LogP contribution in [0.5, 0.6) is 0 Å². The third-order valence-electron chi connectivity index (χ3n) is 2.90. The number of anilines is 1. The highest BCUT2D eigenvalue weighted by Crippen LogP contribution is 2.04. The van der Waals surface area contributed by atoms with Crippen molar-refractivity contribution < 1.29 is 0 Å². The van der Waals surface area contributed by atoms with Gasteiger partial charge in [0.15, 0.2) is 0 Å². The van der Waals surface area contributed by atoms with E-state index in [1.165, 1.54) is 21.4 Å². The quantitative estimate of drug-likeness (QED) is 0.817. The van der Waals surface area contributed by atoms with Crippen LogP contribution >= 0.6 is 0 Å². The van der Waals surface area contributed by atoms with E-state index in [0.717, 1.165) is 5.69 Å². The van der Waals surface area contributed by atoms with E-state index in [1.54, 1.807) is 7.05 Å². The summed E-state index contributed by atoms with van der Waals surface area (Å²) in [5.41, 5.74) is 0.519. The van der Waals surface area contributed by atoms with Gasteiger partial charge in [0.1, 0.15) is 0 Å². The summed E-state index contributed by atoms with van der Waals surface area (Å²) < 4.78 is 2.67. The fourth-order valence-electron chi connectivity index (χ4n) is 1.85. The fraction of sp³-hybridized carbons (Fsp3) is 0.286. The molecule has 2 aromatic rings. The van der Waals surface area contributed by atoms with Gasteiger partial charge >= 0.3 is 5.69 Å². The molecule has 1 aromatic heterocycles. The lowest BCUT2D eigenvalue weighted by Crippen LogP contribution is -2.38. The molecule has 1 N–H and O–H groups in total. The van der Waals surface area contributed by atoms with Crippen molar-refractivity contribution in [3.8, 4) is 0 Å². The summed E-state index contributed by atoms with van der Waals surface area (Å²) in [5.74, 6) is 0. The second-order valence-electron chi connectivity index (χ2n) is 4.35. The van der Waals surface area contributed by atoms with Crippen LogP contribution in [0.15, 0.2) is 52.2 Å². The number of aromatic nitrogens is 2. The molecule has 0 spiro atoms. The first-order valence-electron chi connectivity index (χ1n) is 6.24. The molecule has 0 aliphatic heterocycles. The summed E-state index contributed by atoms with van der Waals surface area (Å²) in [6, 6.07) is 11.2. The molecule has 0 aliphatic rings. The van der Waals surface area contributed by atoms with Crippen LogP contribution in [0.3, 0.4) is 0 Å². The van der Waals surface area contributed by atoms with Crippen molar-refractivity contribution in [2.75, 3.05) is 11.9 Å².